The third-order valence-corrected chi connectivity index (χ3v) is 5.51. The fraction of sp³-hybridized carbons (Fsp3) is 1.00. The van der Waals surface area contributed by atoms with E-state index in [0.29, 0.717) is 6.42 Å². The Balaban J connectivity index is 2.89. The highest BCUT2D eigenvalue weighted by Gasteiger charge is 2.47. The molecule has 8 heteroatoms. The average molecular weight is 230 g/mol. The monoisotopic (exact) mass is 230 g/mol. The van der Waals surface area contributed by atoms with Crippen LogP contribution in [-0.4, -0.2) is 30.9 Å². The maximum atomic E-state index is 10.8. The summed E-state index contributed by atoms with van der Waals surface area (Å²) in [6.45, 7) is 0. The van der Waals surface area contributed by atoms with Crippen LogP contribution in [0.1, 0.15) is 19.3 Å². The predicted octanol–water partition coefficient (Wildman–Crippen LogP) is 0.263. The fourth-order valence-electron chi connectivity index (χ4n) is 1.71. The molecule has 0 heterocycles. The molecule has 0 aromatic rings. The van der Waals surface area contributed by atoms with Crippen LogP contribution in [0.5, 0.6) is 0 Å². The number of hydrogen-bond acceptors (Lipinski definition) is 2. The molecule has 1 rings (SSSR count). The van der Waals surface area contributed by atoms with E-state index in [1.165, 1.54) is 0 Å². The molecular weight excluding hydrogens is 218 g/mol. The Morgan fingerprint density at radius 1 is 0.846 bits per heavy atom. The highest BCUT2D eigenvalue weighted by Crippen LogP contribution is 2.60. The van der Waals surface area contributed by atoms with Gasteiger partial charge in [-0.3, -0.25) is 9.13 Å². The van der Waals surface area contributed by atoms with E-state index >= 15 is 0 Å². The van der Waals surface area contributed by atoms with Crippen LogP contribution in [-0.2, 0) is 9.13 Å². The Labute approximate surface area is 75.3 Å². The topological polar surface area (TPSA) is 115 Å². The van der Waals surface area contributed by atoms with Crippen molar-refractivity contribution in [2.24, 2.45) is 0 Å². The SMILES string of the molecule is O=P(O)(O)C1CCCC1P(=O)(O)O. The van der Waals surface area contributed by atoms with Gasteiger partial charge in [-0.1, -0.05) is 6.42 Å². The Kier molecular flexibility index (Phi) is 3.03. The zero-order valence-corrected chi connectivity index (χ0v) is 8.56. The molecule has 0 aromatic carbocycles. The summed E-state index contributed by atoms with van der Waals surface area (Å²) >= 11 is 0. The zero-order valence-electron chi connectivity index (χ0n) is 6.78. The summed E-state index contributed by atoms with van der Waals surface area (Å²) in [5.41, 5.74) is -2.32. The van der Waals surface area contributed by atoms with Gasteiger partial charge in [-0.2, -0.15) is 0 Å². The lowest BCUT2D eigenvalue weighted by Crippen LogP contribution is -2.20. The normalized spacial score (nSPS) is 30.8. The van der Waals surface area contributed by atoms with Crippen molar-refractivity contribution in [1.29, 1.82) is 0 Å². The van der Waals surface area contributed by atoms with E-state index in [1.807, 2.05) is 0 Å². The largest absolute Gasteiger partial charge is 0.329 e. The molecule has 2 unspecified atom stereocenters. The smallest absolute Gasteiger partial charge is 0.324 e. The van der Waals surface area contributed by atoms with E-state index in [0.717, 1.165) is 0 Å². The molecule has 1 saturated carbocycles. The maximum Gasteiger partial charge on any atom is 0.329 e. The molecule has 78 valence electrons. The molecule has 6 nitrogen and oxygen atoms in total. The molecule has 0 radical (unpaired) electrons. The molecule has 0 saturated heterocycles. The second-order valence-electron chi connectivity index (χ2n) is 3.24. The lowest BCUT2D eigenvalue weighted by molar-refractivity contribution is 0.335. The van der Waals surface area contributed by atoms with E-state index in [9.17, 15) is 9.13 Å². The molecule has 0 spiro atoms. The van der Waals surface area contributed by atoms with E-state index in [1.54, 1.807) is 0 Å². The third-order valence-electron chi connectivity index (χ3n) is 2.31. The summed E-state index contributed by atoms with van der Waals surface area (Å²) in [4.78, 5) is 35.3. The number of hydrogen-bond donors (Lipinski definition) is 4. The van der Waals surface area contributed by atoms with Crippen LogP contribution < -0.4 is 0 Å². The van der Waals surface area contributed by atoms with Crippen LogP contribution in [0.4, 0.5) is 0 Å². The molecule has 2 atom stereocenters. The second-order valence-corrected chi connectivity index (χ2v) is 6.93. The van der Waals surface area contributed by atoms with E-state index in [4.69, 9.17) is 19.6 Å². The third kappa shape index (κ3) is 2.62. The summed E-state index contributed by atoms with van der Waals surface area (Å²) < 4.78 is 21.7. The first kappa shape index (κ1) is 11.4. The van der Waals surface area contributed by atoms with E-state index in [-0.39, 0.29) is 12.8 Å². The van der Waals surface area contributed by atoms with Crippen molar-refractivity contribution in [3.63, 3.8) is 0 Å². The van der Waals surface area contributed by atoms with Crippen molar-refractivity contribution in [3.05, 3.63) is 0 Å². The molecule has 1 fully saturated rings. The van der Waals surface area contributed by atoms with Gasteiger partial charge >= 0.3 is 15.2 Å². The molecular formula is C5H12O6P2. The Hall–Kier alpha value is 0.300. The summed E-state index contributed by atoms with van der Waals surface area (Å²) in [5.74, 6) is 0. The fourth-order valence-corrected chi connectivity index (χ4v) is 4.98. The molecule has 0 aromatic heterocycles. The van der Waals surface area contributed by atoms with Gasteiger partial charge < -0.3 is 19.6 Å². The van der Waals surface area contributed by atoms with Crippen LogP contribution in [0.3, 0.4) is 0 Å². The van der Waals surface area contributed by atoms with Gasteiger partial charge in [0, 0.05) is 0 Å². The minimum Gasteiger partial charge on any atom is -0.324 e. The van der Waals surface area contributed by atoms with Crippen molar-refractivity contribution >= 4 is 15.2 Å². The maximum absolute atomic E-state index is 10.8. The van der Waals surface area contributed by atoms with Crippen molar-refractivity contribution in [2.45, 2.75) is 30.6 Å². The molecule has 0 bridgehead atoms. The summed E-state index contributed by atoms with van der Waals surface area (Å²) in [6, 6.07) is 0. The zero-order chi connectivity index (χ0) is 10.3. The molecule has 4 N–H and O–H groups in total. The van der Waals surface area contributed by atoms with Gasteiger partial charge in [-0.25, -0.2) is 0 Å². The summed E-state index contributed by atoms with van der Waals surface area (Å²) in [5, 5.41) is 0. The Morgan fingerprint density at radius 3 is 1.38 bits per heavy atom. The standard InChI is InChI=1S/C5H12O6P2/c6-12(7,8)4-2-1-3-5(4)13(9,10)11/h4-5H,1-3H2,(H2,6,7,8)(H2,9,10,11). The highest BCUT2D eigenvalue weighted by molar-refractivity contribution is 7.57. The molecule has 1 aliphatic carbocycles. The predicted molar refractivity (Wildman–Crippen MR) is 45.5 cm³/mol. The first-order valence-corrected chi connectivity index (χ1v) is 7.19. The summed E-state index contributed by atoms with van der Waals surface area (Å²) in [6.07, 6.45) is 0.853. The van der Waals surface area contributed by atoms with Crippen LogP contribution >= 0.6 is 15.2 Å². The lowest BCUT2D eigenvalue weighted by Gasteiger charge is -2.21. The van der Waals surface area contributed by atoms with E-state index < -0.39 is 26.5 Å². The summed E-state index contributed by atoms with van der Waals surface area (Å²) in [7, 11) is -8.72. The van der Waals surface area contributed by atoms with Crippen LogP contribution in [0.2, 0.25) is 0 Å². The average Bonchev–Trinajstić information content (AvgIpc) is 2.27. The van der Waals surface area contributed by atoms with Crippen molar-refractivity contribution < 1.29 is 28.7 Å². The van der Waals surface area contributed by atoms with Gasteiger partial charge in [-0.15, -0.1) is 0 Å². The Bertz CT molecular complexity index is 249. The van der Waals surface area contributed by atoms with Gasteiger partial charge in [0.2, 0.25) is 0 Å². The van der Waals surface area contributed by atoms with Crippen molar-refractivity contribution in [2.75, 3.05) is 0 Å². The van der Waals surface area contributed by atoms with Crippen LogP contribution in [0, 0.1) is 0 Å². The van der Waals surface area contributed by atoms with Gasteiger partial charge in [0.15, 0.2) is 0 Å². The van der Waals surface area contributed by atoms with Crippen molar-refractivity contribution in [1.82, 2.24) is 0 Å². The van der Waals surface area contributed by atoms with Gasteiger partial charge in [0.25, 0.3) is 0 Å². The lowest BCUT2D eigenvalue weighted by atomic mass is 10.4. The molecule has 0 aliphatic heterocycles. The second kappa shape index (κ2) is 3.46. The van der Waals surface area contributed by atoms with Crippen molar-refractivity contribution in [3.8, 4) is 0 Å². The van der Waals surface area contributed by atoms with Crippen LogP contribution in [0.25, 0.3) is 0 Å². The minimum atomic E-state index is -4.36. The Morgan fingerprint density at radius 2 is 1.15 bits per heavy atom. The first-order valence-electron chi connectivity index (χ1n) is 3.83. The molecule has 13 heavy (non-hydrogen) atoms. The van der Waals surface area contributed by atoms with Crippen LogP contribution in [0.15, 0.2) is 0 Å². The van der Waals surface area contributed by atoms with Gasteiger partial charge in [0.05, 0.1) is 11.3 Å². The van der Waals surface area contributed by atoms with Gasteiger partial charge in [0.1, 0.15) is 0 Å². The molecule has 0 amide bonds. The molecule has 1 aliphatic rings. The first-order chi connectivity index (χ1) is 5.73. The van der Waals surface area contributed by atoms with E-state index in [2.05, 4.69) is 0 Å². The number of rotatable bonds is 2. The van der Waals surface area contributed by atoms with Gasteiger partial charge in [-0.05, 0) is 12.8 Å². The minimum absolute atomic E-state index is 0.194. The quantitative estimate of drug-likeness (QED) is 0.506. The highest BCUT2D eigenvalue weighted by atomic mass is 31.2.